The van der Waals surface area contributed by atoms with Crippen molar-refractivity contribution >= 4 is 0 Å². The molecule has 0 bridgehead atoms. The van der Waals surface area contributed by atoms with Crippen LogP contribution in [0.25, 0.3) is 0 Å². The molecule has 0 unspecified atom stereocenters. The van der Waals surface area contributed by atoms with E-state index in [0.717, 1.165) is 18.8 Å². The molecule has 1 heterocycles. The molecule has 1 aromatic rings. The second kappa shape index (κ2) is 7.54. The summed E-state index contributed by atoms with van der Waals surface area (Å²) < 4.78 is 5.81. The Bertz CT molecular complexity index is 358. The zero-order valence-electron chi connectivity index (χ0n) is 13.4. The molecule has 0 N–H and O–H groups in total. The molecule has 0 saturated carbocycles. The van der Waals surface area contributed by atoms with Crippen LogP contribution in [0.15, 0.2) is 24.3 Å². The van der Waals surface area contributed by atoms with Crippen molar-refractivity contribution in [3.05, 3.63) is 29.8 Å². The third kappa shape index (κ3) is 4.87. The average molecular weight is 262 g/mol. The fourth-order valence-electron chi connectivity index (χ4n) is 2.61. The topological polar surface area (TPSA) is 12.5 Å². The second-order valence-electron chi connectivity index (χ2n) is 5.83. The van der Waals surface area contributed by atoms with Crippen LogP contribution in [0.3, 0.4) is 0 Å². The summed E-state index contributed by atoms with van der Waals surface area (Å²) in [7, 11) is 0. The number of piperidine rings is 1. The van der Waals surface area contributed by atoms with Crippen molar-refractivity contribution in [1.82, 2.24) is 4.90 Å². The van der Waals surface area contributed by atoms with Crippen LogP contribution in [0.4, 0.5) is 0 Å². The van der Waals surface area contributed by atoms with Gasteiger partial charge in [0.15, 0.2) is 0 Å². The van der Waals surface area contributed by atoms with E-state index in [-0.39, 0.29) is 1.43 Å². The van der Waals surface area contributed by atoms with Crippen LogP contribution in [0.1, 0.15) is 52.4 Å². The lowest BCUT2D eigenvalue weighted by Crippen LogP contribution is -2.31. The van der Waals surface area contributed by atoms with Crippen LogP contribution in [0.5, 0.6) is 5.75 Å². The Morgan fingerprint density at radius 2 is 1.79 bits per heavy atom. The first-order valence-electron chi connectivity index (χ1n) is 7.71. The zero-order chi connectivity index (χ0) is 13.5. The third-order valence-electron chi connectivity index (χ3n) is 3.88. The maximum Gasteiger partial charge on any atom is 1.00 e. The minimum atomic E-state index is 0. The summed E-state index contributed by atoms with van der Waals surface area (Å²) in [5, 5.41) is 0. The quantitative estimate of drug-likeness (QED) is 0.713. The lowest BCUT2D eigenvalue weighted by molar-refractivity contribution is 0.205. The molecule has 0 aliphatic carbocycles. The van der Waals surface area contributed by atoms with Crippen LogP contribution in [0, 0.1) is 0 Å². The van der Waals surface area contributed by atoms with Crippen LogP contribution in [-0.2, 0) is 0 Å². The zero-order valence-corrected chi connectivity index (χ0v) is 12.4. The average Bonchev–Trinajstić information content (AvgIpc) is 2.45. The van der Waals surface area contributed by atoms with Gasteiger partial charge in [0.05, 0.1) is 6.61 Å². The fraction of sp³-hybridized carbons (Fsp3) is 0.647. The Morgan fingerprint density at radius 3 is 2.42 bits per heavy atom. The SMILES string of the molecule is CC(C)c1ccc(OCCCN2CCCCC2)cc1.[H+]. The van der Waals surface area contributed by atoms with Crippen molar-refractivity contribution in [2.45, 2.75) is 45.4 Å². The predicted molar refractivity (Wildman–Crippen MR) is 82.0 cm³/mol. The summed E-state index contributed by atoms with van der Waals surface area (Å²) in [6.07, 6.45) is 5.29. The molecule has 1 aromatic carbocycles. The van der Waals surface area contributed by atoms with Gasteiger partial charge in [0.25, 0.3) is 0 Å². The van der Waals surface area contributed by atoms with Crippen molar-refractivity contribution in [2.24, 2.45) is 0 Å². The Labute approximate surface area is 119 Å². The second-order valence-corrected chi connectivity index (χ2v) is 5.83. The monoisotopic (exact) mass is 262 g/mol. The Kier molecular flexibility index (Phi) is 5.71. The van der Waals surface area contributed by atoms with E-state index < -0.39 is 0 Å². The normalized spacial score (nSPS) is 16.8. The Balaban J connectivity index is 0.00000200. The molecule has 1 fully saturated rings. The van der Waals surface area contributed by atoms with Crippen LogP contribution in [-0.4, -0.2) is 31.1 Å². The molecular weight excluding hydrogens is 234 g/mol. The Hall–Kier alpha value is -1.02. The van der Waals surface area contributed by atoms with Gasteiger partial charge in [-0.05, 0) is 56.0 Å². The minimum Gasteiger partial charge on any atom is -0.494 e. The first-order valence-corrected chi connectivity index (χ1v) is 7.71. The number of ether oxygens (including phenoxy) is 1. The molecule has 0 spiro atoms. The molecule has 0 radical (unpaired) electrons. The molecule has 0 amide bonds. The summed E-state index contributed by atoms with van der Waals surface area (Å²) in [4.78, 5) is 2.56. The lowest BCUT2D eigenvalue weighted by atomic mass is 10.0. The van der Waals surface area contributed by atoms with Crippen molar-refractivity contribution < 1.29 is 6.16 Å². The smallest absolute Gasteiger partial charge is 0.494 e. The van der Waals surface area contributed by atoms with Gasteiger partial charge in [0.1, 0.15) is 5.75 Å². The summed E-state index contributed by atoms with van der Waals surface area (Å²) >= 11 is 0. The summed E-state index contributed by atoms with van der Waals surface area (Å²) in [5.41, 5.74) is 1.38. The number of likely N-dealkylation sites (tertiary alicyclic amines) is 1. The summed E-state index contributed by atoms with van der Waals surface area (Å²) in [5.74, 6) is 1.59. The van der Waals surface area contributed by atoms with Crippen molar-refractivity contribution in [3.8, 4) is 5.75 Å². The minimum absolute atomic E-state index is 0. The molecule has 2 nitrogen and oxygen atoms in total. The molecule has 1 saturated heterocycles. The fourth-order valence-corrected chi connectivity index (χ4v) is 2.61. The molecule has 0 atom stereocenters. The van der Waals surface area contributed by atoms with Crippen LogP contribution in [0.2, 0.25) is 0 Å². The van der Waals surface area contributed by atoms with E-state index in [0.29, 0.717) is 5.92 Å². The standard InChI is InChI=1S/C17H27NO/c1-15(2)16-7-9-17(10-8-16)19-14-6-13-18-11-4-3-5-12-18/h7-10,15H,3-6,11-14H2,1-2H3/p+1. The molecule has 0 aromatic heterocycles. The summed E-state index contributed by atoms with van der Waals surface area (Å²) in [6.45, 7) is 9.01. The van der Waals surface area contributed by atoms with Crippen molar-refractivity contribution in [2.75, 3.05) is 26.2 Å². The predicted octanol–water partition coefficient (Wildman–Crippen LogP) is 4.18. The first-order chi connectivity index (χ1) is 9.25. The first kappa shape index (κ1) is 14.4. The van der Waals surface area contributed by atoms with Crippen LogP contribution >= 0.6 is 0 Å². The highest BCUT2D eigenvalue weighted by molar-refractivity contribution is 5.28. The molecule has 2 rings (SSSR count). The molecular formula is C17H28NO+. The third-order valence-corrected chi connectivity index (χ3v) is 3.88. The van der Waals surface area contributed by atoms with Gasteiger partial charge in [-0.3, -0.25) is 0 Å². The molecule has 106 valence electrons. The molecule has 1 aliphatic rings. The van der Waals surface area contributed by atoms with Gasteiger partial charge < -0.3 is 9.64 Å². The van der Waals surface area contributed by atoms with Gasteiger partial charge in [0, 0.05) is 6.54 Å². The summed E-state index contributed by atoms with van der Waals surface area (Å²) in [6, 6.07) is 8.53. The number of hydrogen-bond acceptors (Lipinski definition) is 2. The highest BCUT2D eigenvalue weighted by Crippen LogP contribution is 2.18. The number of rotatable bonds is 6. The van der Waals surface area contributed by atoms with Gasteiger partial charge in [-0.2, -0.15) is 0 Å². The van der Waals surface area contributed by atoms with E-state index in [2.05, 4.69) is 43.0 Å². The van der Waals surface area contributed by atoms with E-state index in [9.17, 15) is 0 Å². The maximum absolute atomic E-state index is 5.81. The lowest BCUT2D eigenvalue weighted by Gasteiger charge is -2.26. The molecule has 19 heavy (non-hydrogen) atoms. The van der Waals surface area contributed by atoms with E-state index >= 15 is 0 Å². The molecule has 1 aliphatic heterocycles. The van der Waals surface area contributed by atoms with Gasteiger partial charge >= 0.3 is 1.43 Å². The maximum atomic E-state index is 5.81. The van der Waals surface area contributed by atoms with Crippen LogP contribution < -0.4 is 4.74 Å². The van der Waals surface area contributed by atoms with E-state index in [1.54, 1.807) is 0 Å². The van der Waals surface area contributed by atoms with Gasteiger partial charge in [0.2, 0.25) is 0 Å². The van der Waals surface area contributed by atoms with E-state index in [4.69, 9.17) is 4.74 Å². The van der Waals surface area contributed by atoms with E-state index in [1.807, 2.05) is 0 Å². The van der Waals surface area contributed by atoms with E-state index in [1.165, 1.54) is 44.5 Å². The number of hydrogen-bond donors (Lipinski definition) is 0. The van der Waals surface area contributed by atoms with Crippen molar-refractivity contribution in [1.29, 1.82) is 0 Å². The highest BCUT2D eigenvalue weighted by atomic mass is 16.5. The Morgan fingerprint density at radius 1 is 1.11 bits per heavy atom. The highest BCUT2D eigenvalue weighted by Gasteiger charge is 2.09. The van der Waals surface area contributed by atoms with Gasteiger partial charge in [-0.25, -0.2) is 0 Å². The largest absolute Gasteiger partial charge is 1.00 e. The number of benzene rings is 1. The van der Waals surface area contributed by atoms with Gasteiger partial charge in [-0.15, -0.1) is 0 Å². The molecule has 2 heteroatoms. The van der Waals surface area contributed by atoms with Crippen molar-refractivity contribution in [3.63, 3.8) is 0 Å². The number of nitrogens with zero attached hydrogens (tertiary/aromatic N) is 1. The van der Waals surface area contributed by atoms with Gasteiger partial charge in [-0.1, -0.05) is 32.4 Å².